The predicted octanol–water partition coefficient (Wildman–Crippen LogP) is 3.79. The zero-order valence-corrected chi connectivity index (χ0v) is 12.5. The smallest absolute Gasteiger partial charge is 0.317 e. The van der Waals surface area contributed by atoms with E-state index in [0.717, 1.165) is 25.6 Å². The van der Waals surface area contributed by atoms with E-state index >= 15 is 0 Å². The zero-order chi connectivity index (χ0) is 13.5. The van der Waals surface area contributed by atoms with Gasteiger partial charge in [-0.05, 0) is 44.4 Å². The lowest BCUT2D eigenvalue weighted by Crippen LogP contribution is -2.42. The second-order valence-corrected chi connectivity index (χ2v) is 6.38. The lowest BCUT2D eigenvalue weighted by atomic mass is 9.91. The van der Waals surface area contributed by atoms with E-state index in [1.807, 2.05) is 4.90 Å². The highest BCUT2D eigenvalue weighted by Crippen LogP contribution is 2.29. The monoisotopic (exact) mass is 266 g/mol. The Balaban J connectivity index is 1.67. The number of carbonyl (C=O) groups excluding carboxylic acids is 1. The minimum Gasteiger partial charge on any atom is -0.338 e. The minimum absolute atomic E-state index is 0.163. The Kier molecular flexibility index (Phi) is 5.99. The van der Waals surface area contributed by atoms with Crippen molar-refractivity contribution < 1.29 is 4.79 Å². The molecule has 0 unspecified atom stereocenters. The fourth-order valence-corrected chi connectivity index (χ4v) is 3.06. The summed E-state index contributed by atoms with van der Waals surface area (Å²) in [6, 6.07) is 0.163. The van der Waals surface area contributed by atoms with Gasteiger partial charge in [0, 0.05) is 19.6 Å². The van der Waals surface area contributed by atoms with E-state index in [2.05, 4.69) is 12.2 Å². The molecule has 0 aromatic rings. The standard InChI is InChI=1S/C16H30N2O/c1-2-18(13-15-10-11-15)16(19)17-12-14-8-6-4-3-5-7-9-14/h14-15H,2-13H2,1H3,(H,17,19). The maximum atomic E-state index is 12.1. The second kappa shape index (κ2) is 7.76. The number of nitrogens with one attached hydrogen (secondary N) is 1. The van der Waals surface area contributed by atoms with Crippen molar-refractivity contribution in [3.05, 3.63) is 0 Å². The summed E-state index contributed by atoms with van der Waals surface area (Å²) in [5.41, 5.74) is 0. The Morgan fingerprint density at radius 2 is 1.63 bits per heavy atom. The molecule has 2 fully saturated rings. The van der Waals surface area contributed by atoms with Crippen molar-refractivity contribution >= 4 is 6.03 Å². The number of carbonyl (C=O) groups is 1. The number of urea groups is 1. The summed E-state index contributed by atoms with van der Waals surface area (Å²) in [5.74, 6) is 1.50. The van der Waals surface area contributed by atoms with E-state index in [1.165, 1.54) is 57.8 Å². The first-order valence-electron chi connectivity index (χ1n) is 8.32. The van der Waals surface area contributed by atoms with Crippen LogP contribution in [0, 0.1) is 11.8 Å². The molecule has 2 saturated carbocycles. The fraction of sp³-hybridized carbons (Fsp3) is 0.938. The lowest BCUT2D eigenvalue weighted by Gasteiger charge is -2.24. The molecule has 2 aliphatic rings. The molecule has 0 radical (unpaired) electrons. The second-order valence-electron chi connectivity index (χ2n) is 6.38. The fourth-order valence-electron chi connectivity index (χ4n) is 3.06. The van der Waals surface area contributed by atoms with Crippen LogP contribution >= 0.6 is 0 Å². The number of hydrogen-bond acceptors (Lipinski definition) is 1. The Labute approximate surface area is 118 Å². The van der Waals surface area contributed by atoms with Crippen molar-refractivity contribution in [2.75, 3.05) is 19.6 Å². The maximum absolute atomic E-state index is 12.1. The molecule has 0 atom stereocenters. The van der Waals surface area contributed by atoms with E-state index in [9.17, 15) is 4.79 Å². The SMILES string of the molecule is CCN(CC1CC1)C(=O)NCC1CCCCCCC1. The molecule has 3 heteroatoms. The first-order valence-corrected chi connectivity index (χ1v) is 8.32. The number of amides is 2. The van der Waals surface area contributed by atoms with Gasteiger partial charge in [-0.1, -0.05) is 32.1 Å². The molecular weight excluding hydrogens is 236 g/mol. The molecule has 0 spiro atoms. The summed E-state index contributed by atoms with van der Waals surface area (Å²) in [7, 11) is 0. The topological polar surface area (TPSA) is 32.3 Å². The van der Waals surface area contributed by atoms with Crippen LogP contribution in [0.5, 0.6) is 0 Å². The zero-order valence-electron chi connectivity index (χ0n) is 12.5. The number of nitrogens with zero attached hydrogens (tertiary/aromatic N) is 1. The molecule has 0 aromatic carbocycles. The van der Waals surface area contributed by atoms with Gasteiger partial charge in [0.25, 0.3) is 0 Å². The maximum Gasteiger partial charge on any atom is 0.317 e. The van der Waals surface area contributed by atoms with E-state index in [-0.39, 0.29) is 6.03 Å². The first kappa shape index (κ1) is 14.7. The van der Waals surface area contributed by atoms with Crippen molar-refractivity contribution in [2.45, 2.75) is 64.7 Å². The highest BCUT2D eigenvalue weighted by atomic mass is 16.2. The van der Waals surface area contributed by atoms with Crippen LogP contribution in [0.1, 0.15) is 64.7 Å². The highest BCUT2D eigenvalue weighted by molar-refractivity contribution is 5.74. The number of rotatable bonds is 5. The van der Waals surface area contributed by atoms with Crippen LogP contribution in [0.25, 0.3) is 0 Å². The van der Waals surface area contributed by atoms with E-state index < -0.39 is 0 Å². The first-order chi connectivity index (χ1) is 9.29. The van der Waals surface area contributed by atoms with Gasteiger partial charge in [0.05, 0.1) is 0 Å². The summed E-state index contributed by atoms with van der Waals surface area (Å²) in [6.07, 6.45) is 12.1. The molecule has 110 valence electrons. The summed E-state index contributed by atoms with van der Waals surface area (Å²) < 4.78 is 0. The molecule has 2 amide bonds. The van der Waals surface area contributed by atoms with Gasteiger partial charge in [0.1, 0.15) is 0 Å². The van der Waals surface area contributed by atoms with Crippen LogP contribution in [0.4, 0.5) is 4.79 Å². The van der Waals surface area contributed by atoms with Crippen LogP contribution in [-0.4, -0.2) is 30.6 Å². The lowest BCUT2D eigenvalue weighted by molar-refractivity contribution is 0.195. The minimum atomic E-state index is 0.163. The van der Waals surface area contributed by atoms with E-state index in [0.29, 0.717) is 5.92 Å². The third kappa shape index (κ3) is 5.42. The van der Waals surface area contributed by atoms with Gasteiger partial charge in [0.15, 0.2) is 0 Å². The highest BCUT2D eigenvalue weighted by Gasteiger charge is 2.26. The van der Waals surface area contributed by atoms with Gasteiger partial charge in [-0.25, -0.2) is 4.79 Å². The summed E-state index contributed by atoms with van der Waals surface area (Å²) in [4.78, 5) is 14.1. The van der Waals surface area contributed by atoms with Crippen LogP contribution in [0.3, 0.4) is 0 Å². The van der Waals surface area contributed by atoms with Gasteiger partial charge < -0.3 is 10.2 Å². The average Bonchev–Trinajstić information content (AvgIpc) is 3.18. The van der Waals surface area contributed by atoms with Crippen molar-refractivity contribution in [3.63, 3.8) is 0 Å². The molecule has 1 N–H and O–H groups in total. The third-order valence-corrected chi connectivity index (χ3v) is 4.61. The van der Waals surface area contributed by atoms with Gasteiger partial charge in [-0.2, -0.15) is 0 Å². The Hall–Kier alpha value is -0.730. The molecular formula is C16H30N2O. The van der Waals surface area contributed by atoms with Gasteiger partial charge in [-0.3, -0.25) is 0 Å². The molecule has 0 bridgehead atoms. The quantitative estimate of drug-likeness (QED) is 0.806. The van der Waals surface area contributed by atoms with Crippen molar-refractivity contribution in [2.24, 2.45) is 11.8 Å². The van der Waals surface area contributed by atoms with Crippen molar-refractivity contribution in [1.82, 2.24) is 10.2 Å². The van der Waals surface area contributed by atoms with Gasteiger partial charge in [0.2, 0.25) is 0 Å². The third-order valence-electron chi connectivity index (χ3n) is 4.61. The molecule has 19 heavy (non-hydrogen) atoms. The molecule has 0 heterocycles. The summed E-state index contributed by atoms with van der Waals surface area (Å²) >= 11 is 0. The molecule has 2 aliphatic carbocycles. The molecule has 0 aliphatic heterocycles. The van der Waals surface area contributed by atoms with E-state index in [4.69, 9.17) is 0 Å². The van der Waals surface area contributed by atoms with Crippen LogP contribution in [-0.2, 0) is 0 Å². The molecule has 0 saturated heterocycles. The molecule has 0 aromatic heterocycles. The average molecular weight is 266 g/mol. The molecule has 3 nitrogen and oxygen atoms in total. The summed E-state index contributed by atoms with van der Waals surface area (Å²) in [6.45, 7) is 4.78. The summed E-state index contributed by atoms with van der Waals surface area (Å²) in [5, 5.41) is 3.17. The van der Waals surface area contributed by atoms with Gasteiger partial charge >= 0.3 is 6.03 Å². The van der Waals surface area contributed by atoms with Gasteiger partial charge in [-0.15, -0.1) is 0 Å². The van der Waals surface area contributed by atoms with Crippen molar-refractivity contribution in [3.8, 4) is 0 Å². The largest absolute Gasteiger partial charge is 0.338 e. The van der Waals surface area contributed by atoms with Crippen molar-refractivity contribution in [1.29, 1.82) is 0 Å². The Bertz CT molecular complexity index is 268. The number of hydrogen-bond donors (Lipinski definition) is 1. The van der Waals surface area contributed by atoms with E-state index in [1.54, 1.807) is 0 Å². The Morgan fingerprint density at radius 1 is 1.00 bits per heavy atom. The van der Waals surface area contributed by atoms with Crippen LogP contribution < -0.4 is 5.32 Å². The molecule has 2 rings (SSSR count). The normalized spacial score (nSPS) is 21.5. The Morgan fingerprint density at radius 3 is 2.21 bits per heavy atom. The van der Waals surface area contributed by atoms with Crippen LogP contribution in [0.15, 0.2) is 0 Å². The predicted molar refractivity (Wildman–Crippen MR) is 79.2 cm³/mol. The van der Waals surface area contributed by atoms with Crippen LogP contribution in [0.2, 0.25) is 0 Å².